The molecular formula is C23H31N7O14P2. The number of fused-ring (bicyclic) bond motifs is 1. The molecule has 0 saturated carbocycles. The van der Waals surface area contributed by atoms with Crippen molar-refractivity contribution in [3.05, 3.63) is 42.2 Å². The average Bonchev–Trinajstić information content (AvgIpc) is 3.63. The Morgan fingerprint density at radius 1 is 0.913 bits per heavy atom. The molecule has 23 heteroatoms. The highest BCUT2D eigenvalue weighted by atomic mass is 31.3. The van der Waals surface area contributed by atoms with Gasteiger partial charge in [-0.05, 0) is 12.5 Å². The third kappa shape index (κ3) is 7.58. The van der Waals surface area contributed by atoms with Crippen molar-refractivity contribution in [3.8, 4) is 0 Å². The van der Waals surface area contributed by atoms with Crippen LogP contribution in [0.2, 0.25) is 0 Å². The summed E-state index contributed by atoms with van der Waals surface area (Å²) in [6.45, 7) is -1.50. The van der Waals surface area contributed by atoms with Crippen LogP contribution in [0, 0.1) is 0 Å². The lowest BCUT2D eigenvalue weighted by atomic mass is 10.0. The van der Waals surface area contributed by atoms with Crippen LogP contribution in [0.5, 0.6) is 0 Å². The van der Waals surface area contributed by atoms with E-state index in [1.54, 1.807) is 4.57 Å². The van der Waals surface area contributed by atoms with Gasteiger partial charge in [-0.3, -0.25) is 18.8 Å². The number of anilines is 1. The van der Waals surface area contributed by atoms with Crippen LogP contribution < -0.4 is 11.5 Å². The lowest BCUT2D eigenvalue weighted by Crippen LogP contribution is -2.34. The van der Waals surface area contributed by atoms with Crippen LogP contribution in [0.3, 0.4) is 0 Å². The number of pyridine rings is 1. The van der Waals surface area contributed by atoms with Crippen molar-refractivity contribution >= 4 is 38.5 Å². The van der Waals surface area contributed by atoms with Gasteiger partial charge in [-0.15, -0.1) is 0 Å². The number of amides is 1. The molecule has 3 aromatic rings. The fourth-order valence-corrected chi connectivity index (χ4v) is 7.04. The monoisotopic (exact) mass is 691 g/mol. The molecule has 4 unspecified atom stereocenters. The Morgan fingerprint density at radius 2 is 1.54 bits per heavy atom. The Hall–Kier alpha value is -3.01. The summed E-state index contributed by atoms with van der Waals surface area (Å²) < 4.78 is 51.2. The largest absolute Gasteiger partial charge is 0.481 e. The van der Waals surface area contributed by atoms with Crippen molar-refractivity contribution in [2.75, 3.05) is 18.9 Å². The van der Waals surface area contributed by atoms with Crippen molar-refractivity contribution in [1.29, 1.82) is 0 Å². The highest BCUT2D eigenvalue weighted by molar-refractivity contribution is 7.61. The molecule has 5 rings (SSSR count). The van der Waals surface area contributed by atoms with Crippen LogP contribution in [0.1, 0.15) is 28.4 Å². The average molecular weight is 691 g/mol. The summed E-state index contributed by atoms with van der Waals surface area (Å²) in [6, 6.07) is 1.28. The number of ether oxygens (including phenoxy) is 2. The molecule has 3 aromatic heterocycles. The van der Waals surface area contributed by atoms with Crippen LogP contribution >= 0.6 is 15.6 Å². The minimum atomic E-state index is -5.35. The first-order valence-electron chi connectivity index (χ1n) is 13.5. The number of phosphoric ester groups is 2. The van der Waals surface area contributed by atoms with Crippen molar-refractivity contribution in [1.82, 2.24) is 24.5 Å². The second-order valence-electron chi connectivity index (χ2n) is 10.4. The molecule has 0 spiro atoms. The molecule has 2 saturated heterocycles. The second kappa shape index (κ2) is 13.6. The molecule has 2 fully saturated rings. The van der Waals surface area contributed by atoms with E-state index >= 15 is 0 Å². The van der Waals surface area contributed by atoms with Gasteiger partial charge < -0.3 is 55.7 Å². The Morgan fingerprint density at radius 3 is 2.22 bits per heavy atom. The Bertz CT molecular complexity index is 1660. The van der Waals surface area contributed by atoms with E-state index in [0.717, 1.165) is 0 Å². The van der Waals surface area contributed by atoms with E-state index in [2.05, 4.69) is 24.2 Å². The van der Waals surface area contributed by atoms with Gasteiger partial charge in [0.1, 0.15) is 54.6 Å². The maximum atomic E-state index is 12.4. The van der Waals surface area contributed by atoms with E-state index in [0.29, 0.717) is 11.2 Å². The van der Waals surface area contributed by atoms with E-state index in [-0.39, 0.29) is 29.9 Å². The zero-order valence-electron chi connectivity index (χ0n) is 23.6. The van der Waals surface area contributed by atoms with E-state index in [9.17, 15) is 44.1 Å². The summed E-state index contributed by atoms with van der Waals surface area (Å²) in [6.07, 6.45) is -5.84. The number of aromatic nitrogens is 5. The summed E-state index contributed by atoms with van der Waals surface area (Å²) in [7, 11) is -10.7. The molecule has 252 valence electrons. The molecule has 21 nitrogen and oxygen atoms in total. The number of aryl methyl sites for hydroxylation is 1. The highest BCUT2D eigenvalue weighted by Gasteiger charge is 2.47. The number of nitrogens with two attached hydrogens (primary N) is 2. The first-order chi connectivity index (χ1) is 21.7. The van der Waals surface area contributed by atoms with E-state index < -0.39 is 83.6 Å². The van der Waals surface area contributed by atoms with Gasteiger partial charge in [0, 0.05) is 24.5 Å². The Labute approximate surface area is 258 Å². The van der Waals surface area contributed by atoms with E-state index in [4.69, 9.17) is 30.0 Å². The molecule has 1 amide bonds. The smallest absolute Gasteiger partial charge is 0.388 e. The number of hydrogen-bond acceptors (Lipinski definition) is 17. The number of aliphatic hydroxyl groups excluding tert-OH is 4. The summed E-state index contributed by atoms with van der Waals surface area (Å²) in [4.78, 5) is 47.4. The third-order valence-corrected chi connectivity index (χ3v) is 9.89. The zero-order valence-corrected chi connectivity index (χ0v) is 25.4. The number of nitrogens with zero attached hydrogens (tertiary/aromatic N) is 5. The summed E-state index contributed by atoms with van der Waals surface area (Å²) in [5.41, 5.74) is 12.0. The van der Waals surface area contributed by atoms with Crippen molar-refractivity contribution in [2.45, 2.75) is 61.8 Å². The number of hydrogen-bond donors (Lipinski definition) is 8. The number of imidazole rings is 1. The SMILES string of the molecule is NC(=O)c1cncc([C@@H]2O[C@H](COP(=O)(O)OP(=O)(O)OC[C@H]3O[C@@H](CCn4cnc5c(N)ncnc54)C(O)[C@H]3O)C(O)[C@@H]2O)c1. The van der Waals surface area contributed by atoms with Crippen molar-refractivity contribution in [3.63, 3.8) is 0 Å². The molecule has 5 heterocycles. The highest BCUT2D eigenvalue weighted by Crippen LogP contribution is 2.60. The predicted molar refractivity (Wildman–Crippen MR) is 150 cm³/mol. The zero-order chi connectivity index (χ0) is 33.4. The van der Waals surface area contributed by atoms with Crippen LogP contribution in [-0.4, -0.2) is 117 Å². The van der Waals surface area contributed by atoms with E-state index in [1.165, 1.54) is 31.1 Å². The number of phosphoric acid groups is 2. The first kappa shape index (κ1) is 34.3. The first-order valence-corrected chi connectivity index (χ1v) is 16.5. The Kier molecular flexibility index (Phi) is 10.2. The van der Waals surface area contributed by atoms with Crippen molar-refractivity contribution in [2.24, 2.45) is 5.73 Å². The molecule has 10 atom stereocenters. The molecule has 0 bridgehead atoms. The van der Waals surface area contributed by atoms with Gasteiger partial charge in [0.05, 0.1) is 31.2 Å². The number of nitrogen functional groups attached to an aromatic ring is 1. The van der Waals surface area contributed by atoms with Gasteiger partial charge in [-0.25, -0.2) is 24.1 Å². The minimum Gasteiger partial charge on any atom is -0.388 e. The molecule has 2 aliphatic rings. The summed E-state index contributed by atoms with van der Waals surface area (Å²) in [5.74, 6) is -0.621. The summed E-state index contributed by atoms with van der Waals surface area (Å²) >= 11 is 0. The molecule has 0 aromatic carbocycles. The minimum absolute atomic E-state index is 0.000275. The molecule has 0 aliphatic carbocycles. The number of rotatable bonds is 13. The van der Waals surface area contributed by atoms with Crippen molar-refractivity contribution < 1.29 is 67.0 Å². The van der Waals surface area contributed by atoms with Gasteiger partial charge in [0.15, 0.2) is 11.5 Å². The Balaban J connectivity index is 1.11. The summed E-state index contributed by atoms with van der Waals surface area (Å²) in [5, 5.41) is 41.5. The molecule has 2 aliphatic heterocycles. The number of aliphatic hydroxyl groups is 4. The maximum absolute atomic E-state index is 12.4. The molecule has 10 N–H and O–H groups in total. The number of carbonyl (C=O) groups is 1. The van der Waals surface area contributed by atoms with Crippen LogP contribution in [0.4, 0.5) is 5.82 Å². The van der Waals surface area contributed by atoms with E-state index in [1.807, 2.05) is 0 Å². The van der Waals surface area contributed by atoms with Gasteiger partial charge in [0.25, 0.3) is 0 Å². The quantitative estimate of drug-likeness (QED) is 0.0889. The lowest BCUT2D eigenvalue weighted by Gasteiger charge is -2.20. The molecule has 0 radical (unpaired) electrons. The lowest BCUT2D eigenvalue weighted by molar-refractivity contribution is -0.0282. The fraction of sp³-hybridized carbons (Fsp3) is 0.522. The predicted octanol–water partition coefficient (Wildman–Crippen LogP) is -2.11. The van der Waals surface area contributed by atoms with Gasteiger partial charge >= 0.3 is 15.6 Å². The van der Waals surface area contributed by atoms with Crippen LogP contribution in [0.25, 0.3) is 11.2 Å². The normalized spacial score (nSPS) is 30.7. The maximum Gasteiger partial charge on any atom is 0.481 e. The van der Waals surface area contributed by atoms with Gasteiger partial charge in [-0.1, -0.05) is 0 Å². The molecule has 46 heavy (non-hydrogen) atoms. The topological polar surface area (TPSA) is 327 Å². The second-order valence-corrected chi connectivity index (χ2v) is 13.5. The third-order valence-electron chi connectivity index (χ3n) is 7.29. The number of carbonyl (C=O) groups excluding carboxylic acids is 1. The van der Waals surface area contributed by atoms with Crippen LogP contribution in [0.15, 0.2) is 31.1 Å². The molecular weight excluding hydrogens is 660 g/mol. The van der Waals surface area contributed by atoms with Gasteiger partial charge in [0.2, 0.25) is 5.91 Å². The fourth-order valence-electron chi connectivity index (χ4n) is 4.95. The van der Waals surface area contributed by atoms with Crippen LogP contribution in [-0.2, 0) is 38.5 Å². The number of primary amides is 1. The standard InChI is InChI=1S/C23H31N7O14P2/c24-21-15-23(28-8-27-21)30(9-29-15)2-1-12-16(31)17(32)13(42-12)6-40-45(36,37)44-46(38,39)41-7-14-18(33)19(34)20(43-14)10-3-11(22(25)35)5-26-4-10/h3-5,8-9,12-14,16-20,31-34H,1-2,6-7H2,(H2,25,35)(H,36,37)(H,38,39)(H2,24,27,28)/t12-,13+,14+,16?,17-,18?,19-,20-/m0/s1. The van der Waals surface area contributed by atoms with Gasteiger partial charge in [-0.2, -0.15) is 4.31 Å².